The number of amides is 2. The average Bonchev–Trinajstić information content (AvgIpc) is 2.99. The van der Waals surface area contributed by atoms with Crippen LogP contribution in [0.3, 0.4) is 0 Å². The third-order valence-electron chi connectivity index (χ3n) is 3.19. The van der Waals surface area contributed by atoms with Crippen LogP contribution in [-0.2, 0) is 4.79 Å². The first-order valence-electron chi connectivity index (χ1n) is 6.97. The summed E-state index contributed by atoms with van der Waals surface area (Å²) in [6.45, 7) is 1.71. The summed E-state index contributed by atoms with van der Waals surface area (Å²) in [7, 11) is 1.58. The molecule has 1 aromatic heterocycles. The van der Waals surface area contributed by atoms with E-state index < -0.39 is 5.91 Å². The predicted octanol–water partition coefficient (Wildman–Crippen LogP) is 2.66. The van der Waals surface area contributed by atoms with Gasteiger partial charge in [0.1, 0.15) is 5.75 Å². The molecular formula is C16H17BrN2O4. The molecule has 23 heavy (non-hydrogen) atoms. The maximum Gasteiger partial charge on any atom is 0.287 e. The molecule has 7 heteroatoms. The van der Waals surface area contributed by atoms with Crippen LogP contribution < -0.4 is 15.4 Å². The maximum absolute atomic E-state index is 12.0. The third-order valence-corrected chi connectivity index (χ3v) is 3.62. The Morgan fingerprint density at radius 3 is 2.65 bits per heavy atom. The van der Waals surface area contributed by atoms with Gasteiger partial charge in [-0.05, 0) is 41.1 Å². The SMILES string of the molecule is COc1ccccc1[C@H](C)NC(=O)CNC(=O)c1ccc(Br)o1. The lowest BCUT2D eigenvalue weighted by molar-refractivity contribution is -0.120. The first kappa shape index (κ1) is 17.1. The molecule has 0 spiro atoms. The van der Waals surface area contributed by atoms with Gasteiger partial charge >= 0.3 is 0 Å². The van der Waals surface area contributed by atoms with E-state index in [0.717, 1.165) is 5.56 Å². The molecule has 1 aromatic carbocycles. The molecule has 0 saturated carbocycles. The Kier molecular flexibility index (Phi) is 5.81. The topological polar surface area (TPSA) is 80.6 Å². The largest absolute Gasteiger partial charge is 0.496 e. The van der Waals surface area contributed by atoms with Crippen molar-refractivity contribution in [3.8, 4) is 5.75 Å². The molecule has 2 rings (SSSR count). The highest BCUT2D eigenvalue weighted by molar-refractivity contribution is 9.10. The second-order valence-corrected chi connectivity index (χ2v) is 5.60. The predicted molar refractivity (Wildman–Crippen MR) is 88.3 cm³/mol. The van der Waals surface area contributed by atoms with E-state index in [1.807, 2.05) is 31.2 Å². The van der Waals surface area contributed by atoms with Crippen molar-refractivity contribution in [2.24, 2.45) is 0 Å². The van der Waals surface area contributed by atoms with Crippen molar-refractivity contribution in [2.75, 3.05) is 13.7 Å². The molecule has 2 amide bonds. The Balaban J connectivity index is 1.88. The Labute approximate surface area is 142 Å². The lowest BCUT2D eigenvalue weighted by atomic mass is 10.1. The molecule has 0 bridgehead atoms. The van der Waals surface area contributed by atoms with Crippen molar-refractivity contribution >= 4 is 27.7 Å². The summed E-state index contributed by atoms with van der Waals surface area (Å²) >= 11 is 3.11. The average molecular weight is 381 g/mol. The Hall–Kier alpha value is -2.28. The van der Waals surface area contributed by atoms with Gasteiger partial charge in [0.15, 0.2) is 10.4 Å². The van der Waals surface area contributed by atoms with E-state index in [1.165, 1.54) is 6.07 Å². The summed E-state index contributed by atoms with van der Waals surface area (Å²) in [4.78, 5) is 23.8. The zero-order valence-electron chi connectivity index (χ0n) is 12.8. The quantitative estimate of drug-likeness (QED) is 0.806. The molecule has 0 fully saturated rings. The van der Waals surface area contributed by atoms with Crippen molar-refractivity contribution in [1.82, 2.24) is 10.6 Å². The zero-order valence-corrected chi connectivity index (χ0v) is 14.3. The normalized spacial score (nSPS) is 11.6. The van der Waals surface area contributed by atoms with Crippen LogP contribution in [0, 0.1) is 0 Å². The molecule has 1 atom stereocenters. The molecule has 2 aromatic rings. The number of nitrogens with one attached hydrogen (secondary N) is 2. The number of carbonyl (C=O) groups is 2. The number of hydrogen-bond acceptors (Lipinski definition) is 4. The fourth-order valence-corrected chi connectivity index (χ4v) is 2.38. The molecule has 0 aliphatic heterocycles. The van der Waals surface area contributed by atoms with Gasteiger partial charge in [-0.1, -0.05) is 18.2 Å². The summed E-state index contributed by atoms with van der Waals surface area (Å²) in [6, 6.07) is 10.3. The summed E-state index contributed by atoms with van der Waals surface area (Å²) in [5.41, 5.74) is 0.865. The standard InChI is InChI=1S/C16H17BrN2O4/c1-10(11-5-3-4-6-12(11)22-2)19-15(20)9-18-16(21)13-7-8-14(17)23-13/h3-8,10H,9H2,1-2H3,(H,18,21)(H,19,20)/t10-/m0/s1. The van der Waals surface area contributed by atoms with Crippen LogP contribution in [0.15, 0.2) is 45.5 Å². The minimum absolute atomic E-state index is 0.141. The highest BCUT2D eigenvalue weighted by Crippen LogP contribution is 2.24. The third kappa shape index (κ3) is 4.59. The molecule has 0 aliphatic carbocycles. The number of halogens is 1. The number of furan rings is 1. The molecule has 0 radical (unpaired) electrons. The van der Waals surface area contributed by atoms with Crippen molar-refractivity contribution < 1.29 is 18.7 Å². The molecule has 122 valence electrons. The lowest BCUT2D eigenvalue weighted by Crippen LogP contribution is -2.38. The molecule has 0 saturated heterocycles. The van der Waals surface area contributed by atoms with Gasteiger partial charge in [-0.2, -0.15) is 0 Å². The van der Waals surface area contributed by atoms with Crippen molar-refractivity contribution in [2.45, 2.75) is 13.0 Å². The van der Waals surface area contributed by atoms with E-state index >= 15 is 0 Å². The molecule has 0 aliphatic rings. The van der Waals surface area contributed by atoms with Crippen LogP contribution in [0.5, 0.6) is 5.75 Å². The van der Waals surface area contributed by atoms with E-state index in [1.54, 1.807) is 13.2 Å². The van der Waals surface area contributed by atoms with Crippen molar-refractivity contribution in [1.29, 1.82) is 0 Å². The lowest BCUT2D eigenvalue weighted by Gasteiger charge is -2.17. The Morgan fingerprint density at radius 2 is 2.00 bits per heavy atom. The summed E-state index contributed by atoms with van der Waals surface area (Å²) in [5, 5.41) is 5.31. The van der Waals surface area contributed by atoms with Gasteiger partial charge in [-0.3, -0.25) is 9.59 Å². The van der Waals surface area contributed by atoms with Gasteiger partial charge in [0.25, 0.3) is 5.91 Å². The van der Waals surface area contributed by atoms with Gasteiger partial charge < -0.3 is 19.8 Å². The molecule has 0 unspecified atom stereocenters. The monoisotopic (exact) mass is 380 g/mol. The van der Waals surface area contributed by atoms with Crippen LogP contribution >= 0.6 is 15.9 Å². The van der Waals surface area contributed by atoms with E-state index in [4.69, 9.17) is 9.15 Å². The van der Waals surface area contributed by atoms with Crippen LogP contribution in [0.1, 0.15) is 29.1 Å². The van der Waals surface area contributed by atoms with Gasteiger partial charge in [0.05, 0.1) is 19.7 Å². The second kappa shape index (κ2) is 7.82. The Bertz CT molecular complexity index is 699. The fraction of sp³-hybridized carbons (Fsp3) is 0.250. The fourth-order valence-electron chi connectivity index (χ4n) is 2.08. The van der Waals surface area contributed by atoms with Gasteiger partial charge in [-0.25, -0.2) is 0 Å². The van der Waals surface area contributed by atoms with E-state index in [2.05, 4.69) is 26.6 Å². The van der Waals surface area contributed by atoms with Crippen LogP contribution in [0.2, 0.25) is 0 Å². The highest BCUT2D eigenvalue weighted by Gasteiger charge is 2.15. The number of benzene rings is 1. The number of para-hydroxylation sites is 1. The minimum Gasteiger partial charge on any atom is -0.496 e. The number of hydrogen-bond donors (Lipinski definition) is 2. The minimum atomic E-state index is -0.448. The number of ether oxygens (including phenoxy) is 1. The number of methoxy groups -OCH3 is 1. The Morgan fingerprint density at radius 1 is 1.26 bits per heavy atom. The first-order chi connectivity index (χ1) is 11.0. The first-order valence-corrected chi connectivity index (χ1v) is 7.76. The van der Waals surface area contributed by atoms with Crippen LogP contribution in [0.25, 0.3) is 0 Å². The number of rotatable bonds is 6. The summed E-state index contributed by atoms with van der Waals surface area (Å²) in [5.74, 6) is 0.0883. The van der Waals surface area contributed by atoms with E-state index in [9.17, 15) is 9.59 Å². The second-order valence-electron chi connectivity index (χ2n) is 4.82. The summed E-state index contributed by atoms with van der Waals surface area (Å²) in [6.07, 6.45) is 0. The van der Waals surface area contributed by atoms with Gasteiger partial charge in [0.2, 0.25) is 5.91 Å². The highest BCUT2D eigenvalue weighted by atomic mass is 79.9. The smallest absolute Gasteiger partial charge is 0.287 e. The van der Waals surface area contributed by atoms with Gasteiger partial charge in [0, 0.05) is 5.56 Å². The van der Waals surface area contributed by atoms with Crippen molar-refractivity contribution in [3.05, 3.63) is 52.4 Å². The molecule has 6 nitrogen and oxygen atoms in total. The van der Waals surface area contributed by atoms with Crippen molar-refractivity contribution in [3.63, 3.8) is 0 Å². The molecular weight excluding hydrogens is 364 g/mol. The van der Waals surface area contributed by atoms with Crippen LogP contribution in [-0.4, -0.2) is 25.5 Å². The summed E-state index contributed by atoms with van der Waals surface area (Å²) < 4.78 is 10.8. The molecule has 1 heterocycles. The van der Waals surface area contributed by atoms with Gasteiger partial charge in [-0.15, -0.1) is 0 Å². The van der Waals surface area contributed by atoms with Crippen LogP contribution in [0.4, 0.5) is 0 Å². The van der Waals surface area contributed by atoms with E-state index in [0.29, 0.717) is 10.4 Å². The zero-order chi connectivity index (χ0) is 16.8. The molecule has 2 N–H and O–H groups in total. The number of carbonyl (C=O) groups excluding carboxylic acids is 2. The van der Waals surface area contributed by atoms with E-state index in [-0.39, 0.29) is 24.3 Å². The maximum atomic E-state index is 12.0.